The fraction of sp³-hybridized carbons (Fsp3) is 0.300. The molecule has 0 saturated heterocycles. The van der Waals surface area contributed by atoms with E-state index in [9.17, 15) is 14.7 Å². The molecule has 0 bridgehead atoms. The molecule has 2 unspecified atom stereocenters. The largest absolute Gasteiger partial charge is 0.459 e. The van der Waals surface area contributed by atoms with Gasteiger partial charge in [0.25, 0.3) is 0 Å². The first kappa shape index (κ1) is 17.9. The number of rotatable bonds is 6. The van der Waals surface area contributed by atoms with Crippen LogP contribution in [0.4, 0.5) is 0 Å². The Morgan fingerprint density at radius 1 is 0.917 bits per heavy atom. The van der Waals surface area contributed by atoms with Gasteiger partial charge in [-0.3, -0.25) is 9.59 Å². The lowest BCUT2D eigenvalue weighted by Gasteiger charge is -2.19. The molecule has 24 heavy (non-hydrogen) atoms. The summed E-state index contributed by atoms with van der Waals surface area (Å²) in [5.74, 6) is -1.03. The Kier molecular flexibility index (Phi) is 5.88. The third-order valence-electron chi connectivity index (χ3n) is 4.02. The van der Waals surface area contributed by atoms with Crippen LogP contribution in [0.1, 0.15) is 48.2 Å². The molecule has 0 aliphatic carbocycles. The number of benzene rings is 2. The Hall–Kier alpha value is -2.46. The van der Waals surface area contributed by atoms with Crippen LogP contribution in [0.3, 0.4) is 0 Å². The van der Waals surface area contributed by atoms with Crippen molar-refractivity contribution >= 4 is 11.8 Å². The number of carbonyl (C=O) groups excluding carboxylic acids is 2. The van der Waals surface area contributed by atoms with E-state index in [1.165, 1.54) is 0 Å². The van der Waals surface area contributed by atoms with Crippen LogP contribution < -0.4 is 0 Å². The highest BCUT2D eigenvalue weighted by Gasteiger charge is 2.22. The van der Waals surface area contributed by atoms with Gasteiger partial charge in [-0.1, -0.05) is 48.5 Å². The van der Waals surface area contributed by atoms with E-state index in [0.717, 1.165) is 0 Å². The molecule has 2 aromatic rings. The molecule has 2 rings (SSSR count). The van der Waals surface area contributed by atoms with E-state index < -0.39 is 24.1 Å². The number of aliphatic hydroxyl groups excluding tert-OH is 1. The summed E-state index contributed by atoms with van der Waals surface area (Å²) in [6, 6.07) is 16.0. The van der Waals surface area contributed by atoms with E-state index in [2.05, 4.69) is 0 Å². The van der Waals surface area contributed by atoms with Gasteiger partial charge in [0.2, 0.25) is 0 Å². The number of hydrogen-bond donors (Lipinski definition) is 1. The predicted octanol–water partition coefficient (Wildman–Crippen LogP) is 3.33. The lowest BCUT2D eigenvalue weighted by atomic mass is 9.96. The Balaban J connectivity index is 2.18. The summed E-state index contributed by atoms with van der Waals surface area (Å²) in [6.07, 6.45) is -1.30. The molecule has 0 heterocycles. The summed E-state index contributed by atoms with van der Waals surface area (Å²) >= 11 is 0. The van der Waals surface area contributed by atoms with Crippen molar-refractivity contribution in [1.82, 2.24) is 0 Å². The quantitative estimate of drug-likeness (QED) is 0.653. The van der Waals surface area contributed by atoms with Crippen molar-refractivity contribution in [3.8, 4) is 0 Å². The molecule has 0 aliphatic heterocycles. The van der Waals surface area contributed by atoms with Crippen molar-refractivity contribution in [2.75, 3.05) is 0 Å². The zero-order valence-corrected chi connectivity index (χ0v) is 14.1. The number of aliphatic hydroxyl groups is 1. The van der Waals surface area contributed by atoms with Gasteiger partial charge in [-0.25, -0.2) is 0 Å². The molecule has 0 saturated carbocycles. The first-order chi connectivity index (χ1) is 11.4. The first-order valence-electron chi connectivity index (χ1n) is 7.98. The highest BCUT2D eigenvalue weighted by Crippen LogP contribution is 2.21. The van der Waals surface area contributed by atoms with E-state index in [4.69, 9.17) is 4.74 Å². The van der Waals surface area contributed by atoms with Crippen LogP contribution in [0.25, 0.3) is 0 Å². The number of hydrogen-bond acceptors (Lipinski definition) is 4. The zero-order valence-electron chi connectivity index (χ0n) is 14.1. The van der Waals surface area contributed by atoms with Gasteiger partial charge in [-0.15, -0.1) is 0 Å². The van der Waals surface area contributed by atoms with Crippen molar-refractivity contribution < 1.29 is 19.4 Å². The molecule has 0 radical (unpaired) electrons. The maximum absolute atomic E-state index is 12.5. The maximum atomic E-state index is 12.5. The monoisotopic (exact) mass is 326 g/mol. The Bertz CT molecular complexity index is 707. The second-order valence-electron chi connectivity index (χ2n) is 5.92. The summed E-state index contributed by atoms with van der Waals surface area (Å²) in [5.41, 5.74) is 1.84. The molecule has 126 valence electrons. The number of ketones is 1. The molecule has 1 N–H and O–H groups in total. The van der Waals surface area contributed by atoms with Gasteiger partial charge >= 0.3 is 5.97 Å². The van der Waals surface area contributed by atoms with Crippen molar-refractivity contribution in [2.45, 2.75) is 38.9 Å². The second-order valence-corrected chi connectivity index (χ2v) is 5.92. The van der Waals surface area contributed by atoms with Gasteiger partial charge in [0, 0.05) is 11.1 Å². The highest BCUT2D eigenvalue weighted by atomic mass is 16.6. The molecule has 4 nitrogen and oxygen atoms in total. The molecular formula is C20H22O4. The molecule has 0 fully saturated rings. The van der Waals surface area contributed by atoms with Gasteiger partial charge in [-0.05, 0) is 32.4 Å². The molecule has 0 aliphatic rings. The lowest BCUT2D eigenvalue weighted by Crippen LogP contribution is -2.28. The zero-order chi connectivity index (χ0) is 17.7. The highest BCUT2D eigenvalue weighted by molar-refractivity contribution is 6.09. The molecule has 4 heteroatoms. The average Bonchev–Trinajstić information content (AvgIpc) is 2.61. The summed E-state index contributed by atoms with van der Waals surface area (Å²) < 4.78 is 5.24. The van der Waals surface area contributed by atoms with Crippen LogP contribution in [0, 0.1) is 0 Å². The molecular weight excluding hydrogens is 304 g/mol. The minimum Gasteiger partial charge on any atom is -0.459 e. The average molecular weight is 326 g/mol. The minimum atomic E-state index is -0.729. The van der Waals surface area contributed by atoms with Gasteiger partial charge in [0.1, 0.15) is 6.10 Å². The van der Waals surface area contributed by atoms with E-state index in [1.54, 1.807) is 57.2 Å². The molecule has 0 amide bonds. The SMILES string of the molecule is CC(O)C(C)OC(=O)[C@@H](C)c1cccc(C(=O)c2ccccc2)c1. The van der Waals surface area contributed by atoms with Crippen molar-refractivity contribution in [2.24, 2.45) is 0 Å². The summed E-state index contributed by atoms with van der Waals surface area (Å²) in [5, 5.41) is 9.44. The number of ether oxygens (including phenoxy) is 1. The van der Waals surface area contributed by atoms with Crippen LogP contribution in [-0.2, 0) is 9.53 Å². The Morgan fingerprint density at radius 2 is 1.54 bits per heavy atom. The van der Waals surface area contributed by atoms with Crippen LogP contribution in [0.5, 0.6) is 0 Å². The van der Waals surface area contributed by atoms with Crippen LogP contribution in [0.2, 0.25) is 0 Å². The van der Waals surface area contributed by atoms with Gasteiger partial charge in [0.15, 0.2) is 5.78 Å². The van der Waals surface area contributed by atoms with Crippen molar-refractivity contribution in [3.63, 3.8) is 0 Å². The van der Waals surface area contributed by atoms with E-state index in [1.807, 2.05) is 18.2 Å². The summed E-state index contributed by atoms with van der Waals surface area (Å²) in [7, 11) is 0. The Morgan fingerprint density at radius 3 is 2.17 bits per heavy atom. The minimum absolute atomic E-state index is 0.0876. The summed E-state index contributed by atoms with van der Waals surface area (Å²) in [4.78, 5) is 24.7. The number of esters is 1. The molecule has 0 spiro atoms. The van der Waals surface area contributed by atoms with E-state index >= 15 is 0 Å². The fourth-order valence-electron chi connectivity index (χ4n) is 2.23. The molecule has 3 atom stereocenters. The topological polar surface area (TPSA) is 63.6 Å². The smallest absolute Gasteiger partial charge is 0.313 e. The second kappa shape index (κ2) is 7.88. The maximum Gasteiger partial charge on any atom is 0.313 e. The predicted molar refractivity (Wildman–Crippen MR) is 92.0 cm³/mol. The fourth-order valence-corrected chi connectivity index (χ4v) is 2.23. The number of carbonyl (C=O) groups is 2. The first-order valence-corrected chi connectivity index (χ1v) is 7.98. The van der Waals surface area contributed by atoms with E-state index in [0.29, 0.717) is 16.7 Å². The lowest BCUT2D eigenvalue weighted by molar-refractivity contribution is -0.154. The van der Waals surface area contributed by atoms with Crippen molar-refractivity contribution in [3.05, 3.63) is 71.3 Å². The van der Waals surface area contributed by atoms with Crippen LogP contribution >= 0.6 is 0 Å². The standard InChI is InChI=1S/C20H22O4/c1-13(20(23)24-15(3)14(2)21)17-10-7-11-18(12-17)19(22)16-8-5-4-6-9-16/h4-15,21H,1-3H3/t13-,14?,15?/m0/s1. The van der Waals surface area contributed by atoms with Crippen molar-refractivity contribution in [1.29, 1.82) is 0 Å². The van der Waals surface area contributed by atoms with Crippen LogP contribution in [-0.4, -0.2) is 29.1 Å². The normalized spacial score (nSPS) is 14.5. The van der Waals surface area contributed by atoms with Gasteiger partial charge in [0.05, 0.1) is 12.0 Å². The summed E-state index contributed by atoms with van der Waals surface area (Å²) in [6.45, 7) is 4.94. The molecule has 2 aromatic carbocycles. The Labute approximate surface area is 142 Å². The van der Waals surface area contributed by atoms with Crippen LogP contribution in [0.15, 0.2) is 54.6 Å². The third-order valence-corrected chi connectivity index (χ3v) is 4.02. The van der Waals surface area contributed by atoms with Gasteiger partial charge in [-0.2, -0.15) is 0 Å². The van der Waals surface area contributed by atoms with E-state index in [-0.39, 0.29) is 5.78 Å². The third kappa shape index (κ3) is 4.30. The van der Waals surface area contributed by atoms with Gasteiger partial charge < -0.3 is 9.84 Å². The molecule has 0 aromatic heterocycles.